The van der Waals surface area contributed by atoms with Crippen LogP contribution in [0, 0.1) is 0 Å². The number of thiazole rings is 1. The quantitative estimate of drug-likeness (QED) is 0.189. The second-order valence-electron chi connectivity index (χ2n) is 9.46. The summed E-state index contributed by atoms with van der Waals surface area (Å²) in [4.78, 5) is 30.9. The van der Waals surface area contributed by atoms with Gasteiger partial charge in [0.25, 0.3) is 5.56 Å². The molecule has 1 atom stereocenters. The molecule has 0 bridgehead atoms. The summed E-state index contributed by atoms with van der Waals surface area (Å²) in [6, 6.07) is 21.7. The van der Waals surface area contributed by atoms with Crippen LogP contribution in [0.5, 0.6) is 17.2 Å². The van der Waals surface area contributed by atoms with Crippen LogP contribution in [-0.4, -0.2) is 24.1 Å². The number of carbonyl (C=O) groups excluding carboxylic acids is 1. The van der Waals surface area contributed by atoms with Crippen molar-refractivity contribution in [1.82, 2.24) is 4.57 Å². The fraction of sp³-hybridized carbons (Fsp3) is 0.182. The van der Waals surface area contributed by atoms with Crippen LogP contribution in [0.1, 0.15) is 48.3 Å². The number of ketones is 1. The van der Waals surface area contributed by atoms with Gasteiger partial charge in [0.15, 0.2) is 10.6 Å². The molecule has 208 valence electrons. The molecule has 1 aliphatic heterocycles. The molecule has 5 rings (SSSR count). The lowest BCUT2D eigenvalue weighted by atomic mass is 9.94. The zero-order valence-corrected chi connectivity index (χ0v) is 24.2. The third kappa shape index (κ3) is 5.78. The predicted molar refractivity (Wildman–Crippen MR) is 160 cm³/mol. The highest BCUT2D eigenvalue weighted by Crippen LogP contribution is 2.35. The number of benzene rings is 3. The first-order valence-electron chi connectivity index (χ1n) is 13.2. The zero-order chi connectivity index (χ0) is 29.1. The minimum Gasteiger partial charge on any atom is -0.497 e. The number of hydrogen-bond acceptors (Lipinski definition) is 7. The van der Waals surface area contributed by atoms with Crippen LogP contribution in [0.2, 0.25) is 0 Å². The molecule has 0 fully saturated rings. The minimum atomic E-state index is -0.484. The molecule has 1 aliphatic rings. The molecule has 0 saturated carbocycles. The van der Waals surface area contributed by atoms with Gasteiger partial charge >= 0.3 is 0 Å². The van der Waals surface area contributed by atoms with Gasteiger partial charge in [0, 0.05) is 16.8 Å². The summed E-state index contributed by atoms with van der Waals surface area (Å²) in [5, 5.41) is 0. The van der Waals surface area contributed by atoms with Gasteiger partial charge in [-0.25, -0.2) is 4.99 Å². The SMILES string of the molecule is C=C(OCC)C1=C(C)N=c2s/c(=C\c3ccc(C(C)=O)cc3)c(=O)n2C1c1ccc(Oc2ccc(OC)cc2)cc1. The number of nitrogens with zero attached hydrogens (tertiary/aromatic N) is 2. The van der Waals surface area contributed by atoms with Gasteiger partial charge in [0.05, 0.1) is 24.3 Å². The first-order chi connectivity index (χ1) is 19.8. The van der Waals surface area contributed by atoms with Gasteiger partial charge in [-0.15, -0.1) is 0 Å². The summed E-state index contributed by atoms with van der Waals surface area (Å²) in [5.41, 5.74) is 3.65. The van der Waals surface area contributed by atoms with E-state index < -0.39 is 6.04 Å². The van der Waals surface area contributed by atoms with Crippen molar-refractivity contribution in [1.29, 1.82) is 0 Å². The molecule has 1 aromatic heterocycles. The Morgan fingerprint density at radius 1 is 1.00 bits per heavy atom. The zero-order valence-electron chi connectivity index (χ0n) is 23.3. The van der Waals surface area contributed by atoms with E-state index in [0.717, 1.165) is 28.1 Å². The highest BCUT2D eigenvalue weighted by atomic mass is 32.1. The van der Waals surface area contributed by atoms with E-state index in [-0.39, 0.29) is 11.3 Å². The first kappa shape index (κ1) is 27.9. The van der Waals surface area contributed by atoms with Gasteiger partial charge in [0.2, 0.25) is 0 Å². The molecule has 7 nitrogen and oxygen atoms in total. The number of methoxy groups -OCH3 is 1. The van der Waals surface area contributed by atoms with E-state index in [0.29, 0.717) is 38.8 Å². The number of rotatable bonds is 9. The van der Waals surface area contributed by atoms with E-state index in [9.17, 15) is 9.59 Å². The van der Waals surface area contributed by atoms with Gasteiger partial charge in [-0.2, -0.15) is 0 Å². The van der Waals surface area contributed by atoms with Gasteiger partial charge in [0.1, 0.15) is 23.0 Å². The molecule has 0 amide bonds. The highest BCUT2D eigenvalue weighted by Gasteiger charge is 2.30. The summed E-state index contributed by atoms with van der Waals surface area (Å²) in [6.45, 7) is 9.93. The first-order valence-corrected chi connectivity index (χ1v) is 14.0. The largest absolute Gasteiger partial charge is 0.497 e. The summed E-state index contributed by atoms with van der Waals surface area (Å²) >= 11 is 1.33. The van der Waals surface area contributed by atoms with Crippen LogP contribution in [0.15, 0.2) is 106 Å². The number of aromatic nitrogens is 1. The Bertz CT molecular complexity index is 1810. The van der Waals surface area contributed by atoms with Crippen LogP contribution in [-0.2, 0) is 4.74 Å². The lowest BCUT2D eigenvalue weighted by Gasteiger charge is -2.27. The third-order valence-corrected chi connectivity index (χ3v) is 7.73. The maximum Gasteiger partial charge on any atom is 0.271 e. The maximum atomic E-state index is 13.9. The molecule has 8 heteroatoms. The monoisotopic (exact) mass is 566 g/mol. The lowest BCUT2D eigenvalue weighted by Crippen LogP contribution is -2.38. The fourth-order valence-corrected chi connectivity index (χ4v) is 5.76. The second kappa shape index (κ2) is 11.8. The van der Waals surface area contributed by atoms with E-state index >= 15 is 0 Å². The number of carbonyl (C=O) groups is 1. The molecule has 0 saturated heterocycles. The van der Waals surface area contributed by atoms with Crippen LogP contribution in [0.4, 0.5) is 0 Å². The molecule has 0 N–H and O–H groups in total. The molecule has 4 aromatic rings. The minimum absolute atomic E-state index is 0.00567. The van der Waals surface area contributed by atoms with Crippen molar-refractivity contribution in [3.05, 3.63) is 133 Å². The number of allylic oxidation sites excluding steroid dienone is 2. The normalized spacial score (nSPS) is 14.7. The van der Waals surface area contributed by atoms with Crippen molar-refractivity contribution in [2.24, 2.45) is 4.99 Å². The lowest BCUT2D eigenvalue weighted by molar-refractivity contribution is 0.101. The Labute approximate surface area is 242 Å². The Morgan fingerprint density at radius 2 is 1.61 bits per heavy atom. The standard InChI is InChI=1S/C33H30N2O5S/c1-6-39-22(4)30-20(2)34-33-35(32(37)29(41-33)19-23-7-9-24(10-8-23)21(3)36)31(30)25-11-13-27(14-12-25)40-28-17-15-26(38-5)16-18-28/h7-19,31H,4,6H2,1-3,5H3/b29-19-. The highest BCUT2D eigenvalue weighted by molar-refractivity contribution is 7.07. The van der Waals surface area contributed by atoms with Crippen LogP contribution >= 0.6 is 11.3 Å². The maximum absolute atomic E-state index is 13.9. The van der Waals surface area contributed by atoms with Crippen LogP contribution < -0.4 is 24.4 Å². The van der Waals surface area contributed by atoms with Gasteiger partial charge < -0.3 is 14.2 Å². The third-order valence-electron chi connectivity index (χ3n) is 6.75. The van der Waals surface area contributed by atoms with Gasteiger partial charge in [-0.3, -0.25) is 14.2 Å². The van der Waals surface area contributed by atoms with E-state index in [1.165, 1.54) is 18.3 Å². The summed E-state index contributed by atoms with van der Waals surface area (Å²) in [6.07, 6.45) is 1.83. The summed E-state index contributed by atoms with van der Waals surface area (Å²) in [7, 11) is 1.62. The van der Waals surface area contributed by atoms with E-state index in [1.54, 1.807) is 23.8 Å². The molecule has 41 heavy (non-hydrogen) atoms. The van der Waals surface area contributed by atoms with Crippen LogP contribution in [0.3, 0.4) is 0 Å². The second-order valence-corrected chi connectivity index (χ2v) is 10.5. The van der Waals surface area contributed by atoms with Crippen molar-refractivity contribution < 1.29 is 19.0 Å². The van der Waals surface area contributed by atoms with Crippen molar-refractivity contribution in [3.8, 4) is 17.2 Å². The molecule has 3 aromatic carbocycles. The molecular formula is C33H30N2O5S. The molecular weight excluding hydrogens is 536 g/mol. The Morgan fingerprint density at radius 3 is 2.20 bits per heavy atom. The van der Waals surface area contributed by atoms with E-state index in [2.05, 4.69) is 6.58 Å². The topological polar surface area (TPSA) is 79.1 Å². The molecule has 0 radical (unpaired) electrons. The number of fused-ring (bicyclic) bond motifs is 1. The molecule has 1 unspecified atom stereocenters. The average molecular weight is 567 g/mol. The van der Waals surface area contributed by atoms with E-state index in [1.807, 2.05) is 80.6 Å². The van der Waals surface area contributed by atoms with Crippen molar-refractivity contribution in [2.75, 3.05) is 13.7 Å². The number of Topliss-reactive ketones (excluding diaryl/α,β-unsaturated/α-hetero) is 1. The Hall–Kier alpha value is -4.69. The Balaban J connectivity index is 1.56. The fourth-order valence-electron chi connectivity index (χ4n) is 4.71. The van der Waals surface area contributed by atoms with Gasteiger partial charge in [-0.05, 0) is 74.4 Å². The molecule has 0 spiro atoms. The molecule has 0 aliphatic carbocycles. The summed E-state index contributed by atoms with van der Waals surface area (Å²) < 4.78 is 19.3. The average Bonchev–Trinajstić information content (AvgIpc) is 3.27. The van der Waals surface area contributed by atoms with Crippen molar-refractivity contribution in [3.63, 3.8) is 0 Å². The number of hydrogen-bond donors (Lipinski definition) is 0. The van der Waals surface area contributed by atoms with Crippen LogP contribution in [0.25, 0.3) is 6.08 Å². The smallest absolute Gasteiger partial charge is 0.271 e. The Kier molecular flexibility index (Phi) is 8.03. The number of ether oxygens (including phenoxy) is 3. The van der Waals surface area contributed by atoms with Gasteiger partial charge in [-0.1, -0.05) is 54.3 Å². The van der Waals surface area contributed by atoms with E-state index in [4.69, 9.17) is 19.2 Å². The molecule has 2 heterocycles. The van der Waals surface area contributed by atoms with Crippen molar-refractivity contribution in [2.45, 2.75) is 26.8 Å². The predicted octanol–water partition coefficient (Wildman–Crippen LogP) is 5.79. The van der Waals surface area contributed by atoms with Crippen molar-refractivity contribution >= 4 is 23.2 Å². The summed E-state index contributed by atoms with van der Waals surface area (Å²) in [5.74, 6) is 2.57.